The molecule has 0 bridgehead atoms. The van der Waals surface area contributed by atoms with Crippen LogP contribution in [0.25, 0.3) is 11.3 Å². The van der Waals surface area contributed by atoms with Crippen LogP contribution in [0.5, 0.6) is 0 Å². The molecule has 1 N–H and O–H groups in total. The summed E-state index contributed by atoms with van der Waals surface area (Å²) in [6.07, 6.45) is 3.72. The van der Waals surface area contributed by atoms with E-state index in [4.69, 9.17) is 4.98 Å². The molecular formula is C22H23N3OS. The molecule has 138 valence electrons. The van der Waals surface area contributed by atoms with E-state index < -0.39 is 0 Å². The maximum atomic E-state index is 12.3. The minimum absolute atomic E-state index is 0.0343. The lowest BCUT2D eigenvalue weighted by Gasteiger charge is -2.12. The van der Waals surface area contributed by atoms with Gasteiger partial charge in [0.25, 0.3) is 0 Å². The van der Waals surface area contributed by atoms with Gasteiger partial charge in [-0.1, -0.05) is 42.5 Å². The Bertz CT molecular complexity index is 901. The number of thiazole rings is 1. The third kappa shape index (κ3) is 4.55. The SMILES string of the molecule is O=C(CCc1ccccc1)Nc1cccc(-c2csc(N3CCCC3)n2)c1. The second-order valence-corrected chi connectivity index (χ2v) is 7.66. The molecule has 0 saturated carbocycles. The van der Waals surface area contributed by atoms with Gasteiger partial charge in [0.15, 0.2) is 5.13 Å². The van der Waals surface area contributed by atoms with E-state index >= 15 is 0 Å². The van der Waals surface area contributed by atoms with Crippen molar-refractivity contribution >= 4 is 28.1 Å². The first kappa shape index (κ1) is 17.7. The van der Waals surface area contributed by atoms with Crippen molar-refractivity contribution in [3.8, 4) is 11.3 Å². The van der Waals surface area contributed by atoms with Gasteiger partial charge in [0.05, 0.1) is 5.69 Å². The summed E-state index contributed by atoms with van der Waals surface area (Å²) < 4.78 is 0. The van der Waals surface area contributed by atoms with Gasteiger partial charge in [-0.05, 0) is 37.0 Å². The number of benzene rings is 2. The lowest BCUT2D eigenvalue weighted by Crippen LogP contribution is -2.17. The van der Waals surface area contributed by atoms with Gasteiger partial charge in [-0.3, -0.25) is 4.79 Å². The summed E-state index contributed by atoms with van der Waals surface area (Å²) in [5, 5.41) is 6.21. The molecule has 1 amide bonds. The van der Waals surface area contributed by atoms with Crippen LogP contribution < -0.4 is 10.2 Å². The van der Waals surface area contributed by atoms with E-state index in [-0.39, 0.29) is 5.91 Å². The van der Waals surface area contributed by atoms with Crippen LogP contribution in [0.3, 0.4) is 0 Å². The highest BCUT2D eigenvalue weighted by molar-refractivity contribution is 7.14. The molecular weight excluding hydrogens is 354 g/mol. The molecule has 0 aliphatic carbocycles. The standard InChI is InChI=1S/C22H23N3OS/c26-21(12-11-17-7-2-1-3-8-17)23-19-10-6-9-18(15-19)20-16-27-22(24-20)25-13-4-5-14-25/h1-3,6-10,15-16H,4-5,11-14H2,(H,23,26). The fourth-order valence-corrected chi connectivity index (χ4v) is 4.22. The molecule has 1 aliphatic rings. The van der Waals surface area contributed by atoms with E-state index in [1.54, 1.807) is 11.3 Å². The van der Waals surface area contributed by atoms with Crippen LogP contribution in [-0.4, -0.2) is 24.0 Å². The van der Waals surface area contributed by atoms with Gasteiger partial charge < -0.3 is 10.2 Å². The lowest BCUT2D eigenvalue weighted by atomic mass is 10.1. The summed E-state index contributed by atoms with van der Waals surface area (Å²) in [5.41, 5.74) is 4.01. The Kier molecular flexibility index (Phi) is 5.49. The van der Waals surface area contributed by atoms with Gasteiger partial charge in [-0.25, -0.2) is 4.98 Å². The molecule has 1 saturated heterocycles. The quantitative estimate of drug-likeness (QED) is 0.659. The molecule has 0 spiro atoms. The van der Waals surface area contributed by atoms with Crippen molar-refractivity contribution in [3.63, 3.8) is 0 Å². The fourth-order valence-electron chi connectivity index (χ4n) is 3.33. The van der Waals surface area contributed by atoms with E-state index in [1.165, 1.54) is 18.4 Å². The van der Waals surface area contributed by atoms with Crippen LogP contribution in [0, 0.1) is 0 Å². The molecule has 2 aromatic carbocycles. The molecule has 0 atom stereocenters. The number of carbonyl (C=O) groups is 1. The van der Waals surface area contributed by atoms with Gasteiger partial charge in [0.2, 0.25) is 5.91 Å². The minimum atomic E-state index is 0.0343. The molecule has 4 nitrogen and oxygen atoms in total. The van der Waals surface area contributed by atoms with Crippen LogP contribution in [0.1, 0.15) is 24.8 Å². The summed E-state index contributed by atoms with van der Waals surface area (Å²) in [7, 11) is 0. The first-order chi connectivity index (χ1) is 13.3. The zero-order valence-electron chi connectivity index (χ0n) is 15.2. The third-order valence-electron chi connectivity index (χ3n) is 4.79. The molecule has 2 heterocycles. The van der Waals surface area contributed by atoms with Crippen molar-refractivity contribution in [3.05, 3.63) is 65.5 Å². The Morgan fingerprint density at radius 3 is 2.70 bits per heavy atom. The highest BCUT2D eigenvalue weighted by Crippen LogP contribution is 2.30. The van der Waals surface area contributed by atoms with Crippen LogP contribution in [0.15, 0.2) is 60.0 Å². The first-order valence-corrected chi connectivity index (χ1v) is 10.3. The molecule has 3 aromatic rings. The van der Waals surface area contributed by atoms with E-state index in [0.29, 0.717) is 6.42 Å². The van der Waals surface area contributed by atoms with Crippen molar-refractivity contribution in [1.82, 2.24) is 4.98 Å². The number of anilines is 2. The highest BCUT2D eigenvalue weighted by Gasteiger charge is 2.16. The maximum Gasteiger partial charge on any atom is 0.224 e. The number of nitrogens with zero attached hydrogens (tertiary/aromatic N) is 2. The lowest BCUT2D eigenvalue weighted by molar-refractivity contribution is -0.116. The number of aryl methyl sites for hydroxylation is 1. The van der Waals surface area contributed by atoms with Crippen molar-refractivity contribution in [2.24, 2.45) is 0 Å². The Morgan fingerprint density at radius 1 is 1.07 bits per heavy atom. The number of carbonyl (C=O) groups excluding carboxylic acids is 1. The van der Waals surface area contributed by atoms with E-state index in [2.05, 4.69) is 15.6 Å². The average Bonchev–Trinajstić information content (AvgIpc) is 3.39. The van der Waals surface area contributed by atoms with Crippen LogP contribution in [0.2, 0.25) is 0 Å². The zero-order chi connectivity index (χ0) is 18.5. The molecule has 4 rings (SSSR count). The summed E-state index contributed by atoms with van der Waals surface area (Å²) in [5.74, 6) is 0.0343. The Balaban J connectivity index is 1.39. The van der Waals surface area contributed by atoms with E-state index in [1.807, 2.05) is 54.6 Å². The highest BCUT2D eigenvalue weighted by atomic mass is 32.1. The van der Waals surface area contributed by atoms with E-state index in [0.717, 1.165) is 41.6 Å². The van der Waals surface area contributed by atoms with Crippen LogP contribution in [0.4, 0.5) is 10.8 Å². The predicted octanol–water partition coefficient (Wildman–Crippen LogP) is 4.98. The summed E-state index contributed by atoms with van der Waals surface area (Å²) in [6, 6.07) is 18.0. The first-order valence-electron chi connectivity index (χ1n) is 9.43. The van der Waals surface area contributed by atoms with Gasteiger partial charge in [-0.15, -0.1) is 11.3 Å². The van der Waals surface area contributed by atoms with Gasteiger partial charge in [0, 0.05) is 36.1 Å². The smallest absolute Gasteiger partial charge is 0.224 e. The summed E-state index contributed by atoms with van der Waals surface area (Å²) in [4.78, 5) is 19.4. The van der Waals surface area contributed by atoms with Gasteiger partial charge >= 0.3 is 0 Å². The maximum absolute atomic E-state index is 12.3. The summed E-state index contributed by atoms with van der Waals surface area (Å²) in [6.45, 7) is 2.20. The number of aromatic nitrogens is 1. The number of nitrogens with one attached hydrogen (secondary N) is 1. The molecule has 5 heteroatoms. The molecule has 0 radical (unpaired) electrons. The number of hydrogen-bond donors (Lipinski definition) is 1. The molecule has 27 heavy (non-hydrogen) atoms. The van der Waals surface area contributed by atoms with Gasteiger partial charge in [0.1, 0.15) is 0 Å². The molecule has 1 aliphatic heterocycles. The Morgan fingerprint density at radius 2 is 1.89 bits per heavy atom. The predicted molar refractivity (Wildman–Crippen MR) is 112 cm³/mol. The van der Waals surface area contributed by atoms with E-state index in [9.17, 15) is 4.79 Å². The average molecular weight is 378 g/mol. The third-order valence-corrected chi connectivity index (χ3v) is 5.70. The topological polar surface area (TPSA) is 45.2 Å². The second-order valence-electron chi connectivity index (χ2n) is 6.82. The van der Waals surface area contributed by atoms with Crippen LogP contribution >= 0.6 is 11.3 Å². The molecule has 1 fully saturated rings. The Labute approximate surface area is 163 Å². The monoisotopic (exact) mass is 377 g/mol. The van der Waals surface area contributed by atoms with Crippen molar-refractivity contribution in [2.75, 3.05) is 23.3 Å². The van der Waals surface area contributed by atoms with Crippen molar-refractivity contribution in [2.45, 2.75) is 25.7 Å². The largest absolute Gasteiger partial charge is 0.348 e. The number of hydrogen-bond acceptors (Lipinski definition) is 4. The van der Waals surface area contributed by atoms with Crippen molar-refractivity contribution < 1.29 is 4.79 Å². The zero-order valence-corrected chi connectivity index (χ0v) is 16.0. The summed E-state index contributed by atoms with van der Waals surface area (Å²) >= 11 is 1.69. The molecule has 0 unspecified atom stereocenters. The van der Waals surface area contributed by atoms with Crippen molar-refractivity contribution in [1.29, 1.82) is 0 Å². The normalized spacial score (nSPS) is 13.7. The molecule has 1 aromatic heterocycles. The fraction of sp³-hybridized carbons (Fsp3) is 0.273. The number of rotatable bonds is 6. The second kappa shape index (κ2) is 8.35. The number of amides is 1. The van der Waals surface area contributed by atoms with Crippen LogP contribution in [-0.2, 0) is 11.2 Å². The Hall–Kier alpha value is -2.66. The van der Waals surface area contributed by atoms with Gasteiger partial charge in [-0.2, -0.15) is 0 Å². The minimum Gasteiger partial charge on any atom is -0.348 e.